The number of nitrogens with two attached hydrogens (primary N) is 1. The molecule has 0 aliphatic carbocycles. The highest BCUT2D eigenvalue weighted by Crippen LogP contribution is 2.27. The van der Waals surface area contributed by atoms with Crippen LogP contribution in [0.5, 0.6) is 0 Å². The van der Waals surface area contributed by atoms with Gasteiger partial charge >= 0.3 is 5.97 Å². The Hall–Kier alpha value is -1.10. The maximum absolute atomic E-state index is 11.6. The minimum atomic E-state index is -0.336. The molecule has 0 saturated carbocycles. The van der Waals surface area contributed by atoms with Crippen LogP contribution in [0.25, 0.3) is 0 Å². The first-order valence-electron chi connectivity index (χ1n) is 6.86. The number of hydrogen-bond donors (Lipinski definition) is 1. The molecular weight excluding hydrogens is 276 g/mol. The van der Waals surface area contributed by atoms with Gasteiger partial charge in [-0.05, 0) is 49.6 Å². The highest BCUT2D eigenvalue weighted by molar-refractivity contribution is 6.31. The van der Waals surface area contributed by atoms with Crippen LogP contribution >= 0.6 is 11.6 Å². The Morgan fingerprint density at radius 1 is 1.55 bits per heavy atom. The Labute approximate surface area is 124 Å². The maximum Gasteiger partial charge on any atom is 0.337 e. The van der Waals surface area contributed by atoms with Gasteiger partial charge < -0.3 is 10.5 Å². The van der Waals surface area contributed by atoms with Gasteiger partial charge in [-0.3, -0.25) is 4.90 Å². The average Bonchev–Trinajstić information content (AvgIpc) is 2.81. The molecule has 0 bridgehead atoms. The van der Waals surface area contributed by atoms with E-state index in [0.29, 0.717) is 22.5 Å². The highest BCUT2D eigenvalue weighted by atomic mass is 35.5. The minimum absolute atomic E-state index is 0.336. The molecule has 1 aromatic rings. The molecule has 0 radical (unpaired) electrons. The number of nitrogens with zero attached hydrogens (tertiary/aromatic N) is 1. The van der Waals surface area contributed by atoms with Crippen LogP contribution in [0, 0.1) is 5.92 Å². The molecule has 2 N–H and O–H groups in total. The molecule has 2 unspecified atom stereocenters. The lowest BCUT2D eigenvalue weighted by atomic mass is 10.1. The third-order valence-electron chi connectivity index (χ3n) is 3.96. The standard InChI is InChI=1S/C15H21ClN2O2/c1-10-5-11(7-17)8-18(10)9-13-6-12(15(19)20-2)3-4-14(13)16/h3-4,6,10-11H,5,7-9,17H2,1-2H3. The monoisotopic (exact) mass is 296 g/mol. The first kappa shape index (κ1) is 15.3. The van der Waals surface area contributed by atoms with E-state index in [2.05, 4.69) is 11.8 Å². The molecular formula is C15H21ClN2O2. The SMILES string of the molecule is COC(=O)c1ccc(Cl)c(CN2CC(CN)CC2C)c1. The molecule has 5 heteroatoms. The molecule has 1 heterocycles. The van der Waals surface area contributed by atoms with Crippen LogP contribution in [0.2, 0.25) is 5.02 Å². The van der Waals surface area contributed by atoms with Crippen molar-refractivity contribution in [3.8, 4) is 0 Å². The molecule has 4 nitrogen and oxygen atoms in total. The summed E-state index contributed by atoms with van der Waals surface area (Å²) in [5, 5.41) is 0.682. The summed E-state index contributed by atoms with van der Waals surface area (Å²) < 4.78 is 4.74. The van der Waals surface area contributed by atoms with Crippen LogP contribution in [0.1, 0.15) is 29.3 Å². The zero-order valence-corrected chi connectivity index (χ0v) is 12.7. The lowest BCUT2D eigenvalue weighted by molar-refractivity contribution is 0.0600. The van der Waals surface area contributed by atoms with Gasteiger partial charge in [0.25, 0.3) is 0 Å². The second kappa shape index (κ2) is 6.57. The number of ether oxygens (including phenoxy) is 1. The third-order valence-corrected chi connectivity index (χ3v) is 4.33. The third kappa shape index (κ3) is 3.32. The van der Waals surface area contributed by atoms with Crippen LogP contribution in [0.15, 0.2) is 18.2 Å². The summed E-state index contributed by atoms with van der Waals surface area (Å²) in [5.41, 5.74) is 7.24. The molecule has 1 aliphatic heterocycles. The Balaban J connectivity index is 2.14. The zero-order chi connectivity index (χ0) is 14.7. The number of likely N-dealkylation sites (tertiary alicyclic amines) is 1. The molecule has 0 aromatic heterocycles. The topological polar surface area (TPSA) is 55.6 Å². The number of hydrogen-bond acceptors (Lipinski definition) is 4. The molecule has 1 fully saturated rings. The highest BCUT2D eigenvalue weighted by Gasteiger charge is 2.28. The summed E-state index contributed by atoms with van der Waals surface area (Å²) in [6.07, 6.45) is 1.12. The number of methoxy groups -OCH3 is 1. The van der Waals surface area contributed by atoms with Crippen molar-refractivity contribution in [2.24, 2.45) is 11.7 Å². The number of halogens is 1. The molecule has 110 valence electrons. The summed E-state index contributed by atoms with van der Waals surface area (Å²) in [4.78, 5) is 13.9. The Kier molecular flexibility index (Phi) is 5.02. The van der Waals surface area contributed by atoms with Crippen LogP contribution in [-0.2, 0) is 11.3 Å². The van der Waals surface area contributed by atoms with Gasteiger partial charge in [-0.25, -0.2) is 4.79 Å². The average molecular weight is 297 g/mol. The number of carbonyl (C=O) groups excluding carboxylic acids is 1. The normalized spacial score (nSPS) is 23.0. The predicted octanol–water partition coefficient (Wildman–Crippen LogP) is 2.30. The van der Waals surface area contributed by atoms with Gasteiger partial charge in [0.05, 0.1) is 12.7 Å². The van der Waals surface area contributed by atoms with E-state index in [4.69, 9.17) is 22.1 Å². The van der Waals surface area contributed by atoms with Crippen LogP contribution in [0.3, 0.4) is 0 Å². The van der Waals surface area contributed by atoms with E-state index >= 15 is 0 Å². The van der Waals surface area contributed by atoms with Gasteiger partial charge in [0.2, 0.25) is 0 Å². The Bertz CT molecular complexity index is 493. The van der Waals surface area contributed by atoms with Crippen molar-refractivity contribution in [2.75, 3.05) is 20.2 Å². The largest absolute Gasteiger partial charge is 0.465 e. The summed E-state index contributed by atoms with van der Waals surface area (Å²) in [5.74, 6) is 0.213. The van der Waals surface area contributed by atoms with Gasteiger partial charge in [0, 0.05) is 24.2 Å². The number of rotatable bonds is 4. The smallest absolute Gasteiger partial charge is 0.337 e. The quantitative estimate of drug-likeness (QED) is 0.866. The van der Waals surface area contributed by atoms with E-state index in [0.717, 1.165) is 31.6 Å². The van der Waals surface area contributed by atoms with Crippen molar-refractivity contribution in [1.29, 1.82) is 0 Å². The second-order valence-corrected chi connectivity index (χ2v) is 5.82. The molecule has 2 rings (SSSR count). The fourth-order valence-electron chi connectivity index (χ4n) is 2.77. The minimum Gasteiger partial charge on any atom is -0.465 e. The first-order valence-corrected chi connectivity index (χ1v) is 7.23. The van der Waals surface area contributed by atoms with E-state index in [1.807, 2.05) is 6.07 Å². The fraction of sp³-hybridized carbons (Fsp3) is 0.533. The molecule has 20 heavy (non-hydrogen) atoms. The first-order chi connectivity index (χ1) is 9.55. The summed E-state index contributed by atoms with van der Waals surface area (Å²) in [6.45, 7) is 4.64. The predicted molar refractivity (Wildman–Crippen MR) is 79.8 cm³/mol. The summed E-state index contributed by atoms with van der Waals surface area (Å²) in [6, 6.07) is 5.75. The van der Waals surface area contributed by atoms with Gasteiger partial charge in [-0.2, -0.15) is 0 Å². The number of benzene rings is 1. The van der Waals surface area contributed by atoms with E-state index in [9.17, 15) is 4.79 Å². The molecule has 1 saturated heterocycles. The van der Waals surface area contributed by atoms with E-state index < -0.39 is 0 Å². The van der Waals surface area contributed by atoms with Gasteiger partial charge in [0.1, 0.15) is 0 Å². The lowest BCUT2D eigenvalue weighted by Crippen LogP contribution is -2.27. The molecule has 1 aliphatic rings. The van der Waals surface area contributed by atoms with Crippen LogP contribution in [-0.4, -0.2) is 37.1 Å². The van der Waals surface area contributed by atoms with Crippen molar-refractivity contribution >= 4 is 17.6 Å². The zero-order valence-electron chi connectivity index (χ0n) is 11.9. The van der Waals surface area contributed by atoms with Gasteiger partial charge in [-0.15, -0.1) is 0 Å². The van der Waals surface area contributed by atoms with E-state index in [1.165, 1.54) is 7.11 Å². The van der Waals surface area contributed by atoms with Gasteiger partial charge in [-0.1, -0.05) is 11.6 Å². The van der Waals surface area contributed by atoms with Crippen molar-refractivity contribution in [3.05, 3.63) is 34.3 Å². The van der Waals surface area contributed by atoms with E-state index in [-0.39, 0.29) is 5.97 Å². The van der Waals surface area contributed by atoms with Gasteiger partial charge in [0.15, 0.2) is 0 Å². The van der Waals surface area contributed by atoms with Crippen LogP contribution in [0.4, 0.5) is 0 Å². The maximum atomic E-state index is 11.6. The summed E-state index contributed by atoms with van der Waals surface area (Å²) >= 11 is 6.24. The van der Waals surface area contributed by atoms with Crippen molar-refractivity contribution in [3.63, 3.8) is 0 Å². The number of carbonyl (C=O) groups is 1. The van der Waals surface area contributed by atoms with Crippen molar-refractivity contribution in [1.82, 2.24) is 4.90 Å². The Morgan fingerprint density at radius 3 is 2.90 bits per heavy atom. The molecule has 2 atom stereocenters. The lowest BCUT2D eigenvalue weighted by Gasteiger charge is -2.22. The van der Waals surface area contributed by atoms with Crippen molar-refractivity contribution < 1.29 is 9.53 Å². The van der Waals surface area contributed by atoms with Crippen LogP contribution < -0.4 is 5.73 Å². The Morgan fingerprint density at radius 2 is 2.30 bits per heavy atom. The molecule has 0 amide bonds. The number of esters is 1. The second-order valence-electron chi connectivity index (χ2n) is 5.41. The summed E-state index contributed by atoms with van der Waals surface area (Å²) in [7, 11) is 1.38. The molecule has 1 aromatic carbocycles. The molecule has 0 spiro atoms. The van der Waals surface area contributed by atoms with E-state index in [1.54, 1.807) is 12.1 Å². The fourth-order valence-corrected chi connectivity index (χ4v) is 2.95. The van der Waals surface area contributed by atoms with Crippen molar-refractivity contribution in [2.45, 2.75) is 25.9 Å².